The largest absolute Gasteiger partial charge is 0.433 e. The summed E-state index contributed by atoms with van der Waals surface area (Å²) in [5, 5.41) is 0. The van der Waals surface area contributed by atoms with E-state index in [0.717, 1.165) is 5.92 Å². The van der Waals surface area contributed by atoms with Gasteiger partial charge >= 0.3 is 5.97 Å². The van der Waals surface area contributed by atoms with Crippen LogP contribution in [0, 0.1) is 28.1 Å². The maximum absolute atomic E-state index is 11.6. The molecular weight excluding hydrogens is 252 g/mol. The molecule has 3 heteroatoms. The molecule has 4 unspecified atom stereocenters. The van der Waals surface area contributed by atoms with E-state index in [0.29, 0.717) is 6.61 Å². The standard InChI is InChI=1S/C17H28O3/c1-11(18)20-16(6)13-15(4,5)12-7-8-17(13,9-12)14(2,3)10-19-16/h12-13H,7-10H2,1-6H3. The van der Waals surface area contributed by atoms with Crippen molar-refractivity contribution in [2.45, 2.75) is 66.6 Å². The average molecular weight is 280 g/mol. The summed E-state index contributed by atoms with van der Waals surface area (Å²) < 4.78 is 11.9. The van der Waals surface area contributed by atoms with Crippen LogP contribution >= 0.6 is 0 Å². The minimum Gasteiger partial charge on any atom is -0.433 e. The number of ether oxygens (including phenoxy) is 2. The van der Waals surface area contributed by atoms with E-state index >= 15 is 0 Å². The van der Waals surface area contributed by atoms with Crippen LogP contribution in [-0.2, 0) is 14.3 Å². The van der Waals surface area contributed by atoms with Gasteiger partial charge in [0, 0.05) is 19.8 Å². The molecule has 0 aromatic carbocycles. The number of esters is 1. The van der Waals surface area contributed by atoms with E-state index in [4.69, 9.17) is 9.47 Å². The maximum atomic E-state index is 11.6. The van der Waals surface area contributed by atoms with Gasteiger partial charge in [-0.1, -0.05) is 27.7 Å². The van der Waals surface area contributed by atoms with Gasteiger partial charge in [0.1, 0.15) is 0 Å². The van der Waals surface area contributed by atoms with E-state index in [-0.39, 0.29) is 28.1 Å². The van der Waals surface area contributed by atoms with Crippen LogP contribution in [0.25, 0.3) is 0 Å². The molecular formula is C17H28O3. The Kier molecular flexibility index (Phi) is 2.72. The van der Waals surface area contributed by atoms with Crippen molar-refractivity contribution in [2.75, 3.05) is 6.61 Å². The quantitative estimate of drug-likeness (QED) is 0.686. The van der Waals surface area contributed by atoms with Gasteiger partial charge in [-0.05, 0) is 41.4 Å². The summed E-state index contributed by atoms with van der Waals surface area (Å²) in [4.78, 5) is 11.6. The summed E-state index contributed by atoms with van der Waals surface area (Å²) in [7, 11) is 0. The third kappa shape index (κ3) is 1.53. The van der Waals surface area contributed by atoms with Crippen LogP contribution in [0.2, 0.25) is 0 Å². The molecule has 2 bridgehead atoms. The van der Waals surface area contributed by atoms with Crippen molar-refractivity contribution < 1.29 is 14.3 Å². The second-order valence-corrected chi connectivity index (χ2v) is 8.63. The second-order valence-electron chi connectivity index (χ2n) is 8.63. The molecule has 3 nitrogen and oxygen atoms in total. The second kappa shape index (κ2) is 3.79. The Morgan fingerprint density at radius 1 is 1.20 bits per heavy atom. The highest BCUT2D eigenvalue weighted by molar-refractivity contribution is 5.66. The zero-order valence-electron chi connectivity index (χ0n) is 13.7. The summed E-state index contributed by atoms with van der Waals surface area (Å²) >= 11 is 0. The van der Waals surface area contributed by atoms with Gasteiger partial charge in [-0.25, -0.2) is 0 Å². The fourth-order valence-electron chi connectivity index (χ4n) is 6.03. The van der Waals surface area contributed by atoms with Crippen LogP contribution in [0.5, 0.6) is 0 Å². The van der Waals surface area contributed by atoms with Gasteiger partial charge in [0.05, 0.1) is 6.61 Å². The molecule has 1 spiro atoms. The molecule has 0 amide bonds. The Morgan fingerprint density at radius 3 is 2.45 bits per heavy atom. The normalized spacial score (nSPS) is 47.9. The fraction of sp³-hybridized carbons (Fsp3) is 0.941. The number of carbonyl (C=O) groups excluding carboxylic acids is 1. The highest BCUT2D eigenvalue weighted by atomic mass is 16.7. The molecule has 114 valence electrons. The lowest BCUT2D eigenvalue weighted by molar-refractivity contribution is -0.333. The fourth-order valence-corrected chi connectivity index (χ4v) is 6.03. The first kappa shape index (κ1) is 14.4. The van der Waals surface area contributed by atoms with E-state index < -0.39 is 5.79 Å². The first-order valence-corrected chi connectivity index (χ1v) is 7.89. The molecule has 4 atom stereocenters. The van der Waals surface area contributed by atoms with Crippen molar-refractivity contribution in [3.05, 3.63) is 0 Å². The minimum absolute atomic E-state index is 0.153. The van der Waals surface area contributed by atoms with Crippen LogP contribution in [0.4, 0.5) is 0 Å². The van der Waals surface area contributed by atoms with E-state index in [1.165, 1.54) is 26.2 Å². The molecule has 0 radical (unpaired) electrons. The summed E-state index contributed by atoms with van der Waals surface area (Å²) in [5.74, 6) is 0.0122. The molecule has 3 fully saturated rings. The van der Waals surface area contributed by atoms with Crippen molar-refractivity contribution in [2.24, 2.45) is 28.1 Å². The highest BCUT2D eigenvalue weighted by Gasteiger charge is 2.74. The predicted molar refractivity (Wildman–Crippen MR) is 76.9 cm³/mol. The van der Waals surface area contributed by atoms with Crippen molar-refractivity contribution in [1.82, 2.24) is 0 Å². The first-order chi connectivity index (χ1) is 9.05. The van der Waals surface area contributed by atoms with Crippen LogP contribution < -0.4 is 0 Å². The van der Waals surface area contributed by atoms with E-state index in [9.17, 15) is 4.79 Å². The van der Waals surface area contributed by atoms with Crippen LogP contribution in [0.3, 0.4) is 0 Å². The van der Waals surface area contributed by atoms with Crippen LogP contribution in [0.1, 0.15) is 60.8 Å². The molecule has 3 aliphatic rings. The van der Waals surface area contributed by atoms with Crippen molar-refractivity contribution in [3.63, 3.8) is 0 Å². The maximum Gasteiger partial charge on any atom is 0.305 e. The minimum atomic E-state index is -0.764. The number of rotatable bonds is 1. The average Bonchev–Trinajstić information content (AvgIpc) is 2.79. The predicted octanol–water partition coefficient (Wildman–Crippen LogP) is 3.76. The third-order valence-corrected chi connectivity index (χ3v) is 6.84. The summed E-state index contributed by atoms with van der Waals surface area (Å²) in [6.45, 7) is 13.5. The summed E-state index contributed by atoms with van der Waals surface area (Å²) in [5.41, 5.74) is 0.573. The molecule has 1 aliphatic heterocycles. The Labute approximate surface area is 122 Å². The molecule has 20 heavy (non-hydrogen) atoms. The van der Waals surface area contributed by atoms with Gasteiger partial charge in [0.15, 0.2) is 0 Å². The monoisotopic (exact) mass is 280 g/mol. The van der Waals surface area contributed by atoms with E-state index in [2.05, 4.69) is 27.7 Å². The van der Waals surface area contributed by atoms with Crippen LogP contribution in [0.15, 0.2) is 0 Å². The van der Waals surface area contributed by atoms with Crippen molar-refractivity contribution in [1.29, 1.82) is 0 Å². The van der Waals surface area contributed by atoms with E-state index in [1.54, 1.807) is 0 Å². The van der Waals surface area contributed by atoms with Crippen molar-refractivity contribution in [3.8, 4) is 0 Å². The molecule has 1 saturated heterocycles. The number of carbonyl (C=O) groups is 1. The van der Waals surface area contributed by atoms with Gasteiger partial charge in [0.25, 0.3) is 0 Å². The molecule has 0 aromatic rings. The molecule has 0 aromatic heterocycles. The number of fused-ring (bicyclic) bond motifs is 1. The van der Waals surface area contributed by atoms with Crippen LogP contribution in [-0.4, -0.2) is 18.4 Å². The smallest absolute Gasteiger partial charge is 0.305 e. The van der Waals surface area contributed by atoms with E-state index in [1.807, 2.05) is 6.92 Å². The number of hydrogen-bond donors (Lipinski definition) is 0. The molecule has 3 rings (SSSR count). The molecule has 2 saturated carbocycles. The molecule has 1 heterocycles. The topological polar surface area (TPSA) is 35.5 Å². The highest BCUT2D eigenvalue weighted by Crippen LogP contribution is 2.76. The SMILES string of the molecule is CC(=O)OC1(C)OCC(C)(C)C23CCC(C2)C(C)(C)C13. The van der Waals surface area contributed by atoms with Gasteiger partial charge in [-0.3, -0.25) is 4.79 Å². The zero-order valence-corrected chi connectivity index (χ0v) is 13.7. The lowest BCUT2D eigenvalue weighted by Gasteiger charge is -2.61. The Bertz CT molecular complexity index is 453. The Morgan fingerprint density at radius 2 is 1.85 bits per heavy atom. The third-order valence-electron chi connectivity index (χ3n) is 6.84. The molecule has 2 aliphatic carbocycles. The van der Waals surface area contributed by atoms with Gasteiger partial charge < -0.3 is 9.47 Å². The van der Waals surface area contributed by atoms with Crippen molar-refractivity contribution >= 4 is 5.97 Å². The van der Waals surface area contributed by atoms with Gasteiger partial charge in [0.2, 0.25) is 5.79 Å². The Hall–Kier alpha value is -0.570. The summed E-state index contributed by atoms with van der Waals surface area (Å²) in [6.07, 6.45) is 3.82. The first-order valence-electron chi connectivity index (χ1n) is 7.89. The molecule has 0 N–H and O–H groups in total. The zero-order chi connectivity index (χ0) is 15.0. The summed E-state index contributed by atoms with van der Waals surface area (Å²) in [6, 6.07) is 0. The Balaban J connectivity index is 2.10. The lowest BCUT2D eigenvalue weighted by atomic mass is 9.51. The lowest BCUT2D eigenvalue weighted by Crippen LogP contribution is -2.63. The number of hydrogen-bond acceptors (Lipinski definition) is 3. The van der Waals surface area contributed by atoms with Gasteiger partial charge in [-0.15, -0.1) is 0 Å². The van der Waals surface area contributed by atoms with Gasteiger partial charge in [-0.2, -0.15) is 0 Å².